The largest absolute Gasteiger partial charge is 0.481 e. The van der Waals surface area contributed by atoms with E-state index >= 15 is 0 Å². The summed E-state index contributed by atoms with van der Waals surface area (Å²) in [5.41, 5.74) is -1.48. The van der Waals surface area contributed by atoms with E-state index in [1.807, 2.05) is 13.8 Å². The zero-order chi connectivity index (χ0) is 15.0. The van der Waals surface area contributed by atoms with E-state index in [9.17, 15) is 14.7 Å². The maximum absolute atomic E-state index is 12.4. The van der Waals surface area contributed by atoms with Crippen LogP contribution in [0.15, 0.2) is 0 Å². The van der Waals surface area contributed by atoms with Crippen LogP contribution in [0.5, 0.6) is 0 Å². The third-order valence-corrected chi connectivity index (χ3v) is 4.13. The van der Waals surface area contributed by atoms with E-state index < -0.39 is 23.0 Å². The molecular formula is C13H22N2O5. The number of hydrogen-bond acceptors (Lipinski definition) is 4. The molecule has 2 fully saturated rings. The number of morpholine rings is 1. The van der Waals surface area contributed by atoms with Crippen molar-refractivity contribution in [2.24, 2.45) is 5.41 Å². The van der Waals surface area contributed by atoms with E-state index in [2.05, 4.69) is 5.32 Å². The number of hydrogen-bond donors (Lipinski definition) is 2. The van der Waals surface area contributed by atoms with Crippen LogP contribution in [0.4, 0.5) is 4.79 Å². The summed E-state index contributed by atoms with van der Waals surface area (Å²) < 4.78 is 10.6. The molecule has 7 heteroatoms. The number of rotatable bonds is 2. The van der Waals surface area contributed by atoms with E-state index in [0.29, 0.717) is 19.8 Å². The van der Waals surface area contributed by atoms with Crippen molar-refractivity contribution < 1.29 is 24.2 Å². The summed E-state index contributed by atoms with van der Waals surface area (Å²) in [5.74, 6) is -0.957. The Bertz CT molecular complexity index is 412. The Morgan fingerprint density at radius 1 is 1.25 bits per heavy atom. The molecule has 0 aromatic carbocycles. The van der Waals surface area contributed by atoms with Gasteiger partial charge in [0.15, 0.2) is 0 Å². The molecule has 2 saturated heterocycles. The fourth-order valence-corrected chi connectivity index (χ4v) is 2.55. The average molecular weight is 286 g/mol. The second-order valence-corrected chi connectivity index (χ2v) is 6.26. The Morgan fingerprint density at radius 2 is 1.95 bits per heavy atom. The van der Waals surface area contributed by atoms with Crippen LogP contribution in [-0.2, 0) is 14.3 Å². The van der Waals surface area contributed by atoms with Crippen LogP contribution >= 0.6 is 0 Å². The highest BCUT2D eigenvalue weighted by atomic mass is 16.5. The van der Waals surface area contributed by atoms with Gasteiger partial charge in [0, 0.05) is 6.54 Å². The lowest BCUT2D eigenvalue weighted by molar-refractivity contribution is -0.148. The summed E-state index contributed by atoms with van der Waals surface area (Å²) in [5, 5.41) is 12.1. The zero-order valence-electron chi connectivity index (χ0n) is 12.1. The highest BCUT2D eigenvalue weighted by molar-refractivity contribution is 5.80. The number of urea groups is 1. The van der Waals surface area contributed by atoms with Crippen LogP contribution in [-0.4, -0.2) is 66.6 Å². The van der Waals surface area contributed by atoms with Crippen LogP contribution in [0, 0.1) is 5.41 Å². The van der Waals surface area contributed by atoms with Gasteiger partial charge in [0.05, 0.1) is 38.0 Å². The van der Waals surface area contributed by atoms with Gasteiger partial charge in [-0.3, -0.25) is 4.79 Å². The predicted molar refractivity (Wildman–Crippen MR) is 70.5 cm³/mol. The molecule has 0 aromatic rings. The Kier molecular flexibility index (Phi) is 3.93. The van der Waals surface area contributed by atoms with Crippen molar-refractivity contribution in [2.45, 2.75) is 32.4 Å². The standard InChI is InChI=1S/C13H22N2O5/c1-12(2)7-19-5-4-15(12)11(18)14-9-6-20-8-13(9,3)10(16)17/h9H,4-8H2,1-3H3,(H,14,18)(H,16,17). The van der Waals surface area contributed by atoms with Gasteiger partial charge >= 0.3 is 12.0 Å². The number of carbonyl (C=O) groups is 2. The summed E-state index contributed by atoms with van der Waals surface area (Å²) in [6.45, 7) is 7.24. The monoisotopic (exact) mass is 286 g/mol. The van der Waals surface area contributed by atoms with Gasteiger partial charge in [-0.2, -0.15) is 0 Å². The minimum atomic E-state index is -1.08. The van der Waals surface area contributed by atoms with Crippen molar-refractivity contribution in [1.29, 1.82) is 0 Å². The topological polar surface area (TPSA) is 88.1 Å². The summed E-state index contributed by atoms with van der Waals surface area (Å²) in [6, 6.07) is -0.785. The quantitative estimate of drug-likeness (QED) is 0.762. The van der Waals surface area contributed by atoms with E-state index in [-0.39, 0.29) is 19.2 Å². The second-order valence-electron chi connectivity index (χ2n) is 6.26. The first-order valence-corrected chi connectivity index (χ1v) is 6.74. The van der Waals surface area contributed by atoms with E-state index in [1.165, 1.54) is 0 Å². The van der Waals surface area contributed by atoms with Crippen LogP contribution in [0.1, 0.15) is 20.8 Å². The zero-order valence-corrected chi connectivity index (χ0v) is 12.1. The fourth-order valence-electron chi connectivity index (χ4n) is 2.55. The lowest BCUT2D eigenvalue weighted by Gasteiger charge is -2.42. The molecule has 2 aliphatic heterocycles. The van der Waals surface area contributed by atoms with Crippen LogP contribution in [0.25, 0.3) is 0 Å². The predicted octanol–water partition coefficient (Wildman–Crippen LogP) is 0.296. The van der Waals surface area contributed by atoms with Gasteiger partial charge in [-0.25, -0.2) is 4.79 Å². The van der Waals surface area contributed by atoms with Crippen molar-refractivity contribution >= 4 is 12.0 Å². The molecule has 2 N–H and O–H groups in total. The van der Waals surface area contributed by atoms with Crippen molar-refractivity contribution in [3.63, 3.8) is 0 Å². The molecule has 2 unspecified atom stereocenters. The average Bonchev–Trinajstić information content (AvgIpc) is 2.71. The van der Waals surface area contributed by atoms with Gasteiger partial charge in [-0.05, 0) is 20.8 Å². The van der Waals surface area contributed by atoms with Crippen molar-refractivity contribution in [3.05, 3.63) is 0 Å². The minimum Gasteiger partial charge on any atom is -0.481 e. The highest BCUT2D eigenvalue weighted by Crippen LogP contribution is 2.29. The smallest absolute Gasteiger partial charge is 0.318 e. The van der Waals surface area contributed by atoms with Crippen LogP contribution < -0.4 is 5.32 Å². The first-order valence-electron chi connectivity index (χ1n) is 6.74. The molecule has 0 aromatic heterocycles. The molecule has 0 aliphatic carbocycles. The molecular weight excluding hydrogens is 264 g/mol. The number of carboxylic acid groups (broad SMARTS) is 1. The molecule has 2 atom stereocenters. The summed E-state index contributed by atoms with van der Waals surface area (Å²) in [4.78, 5) is 25.4. The number of carboxylic acids is 1. The van der Waals surface area contributed by atoms with Crippen LogP contribution in [0.3, 0.4) is 0 Å². The molecule has 2 amide bonds. The Balaban J connectivity index is 2.06. The Hall–Kier alpha value is -1.34. The molecule has 20 heavy (non-hydrogen) atoms. The third-order valence-electron chi connectivity index (χ3n) is 4.13. The van der Waals surface area contributed by atoms with Gasteiger partial charge in [0.1, 0.15) is 5.41 Å². The minimum absolute atomic E-state index is 0.111. The summed E-state index contributed by atoms with van der Waals surface area (Å²) in [7, 11) is 0. The lowest BCUT2D eigenvalue weighted by atomic mass is 9.85. The third kappa shape index (κ3) is 2.60. The summed E-state index contributed by atoms with van der Waals surface area (Å²) in [6.07, 6.45) is 0. The first-order chi connectivity index (χ1) is 9.27. The second kappa shape index (κ2) is 5.21. The van der Waals surface area contributed by atoms with Gasteiger partial charge in [-0.15, -0.1) is 0 Å². The Morgan fingerprint density at radius 3 is 2.55 bits per heavy atom. The maximum Gasteiger partial charge on any atom is 0.318 e. The SMILES string of the molecule is CC1(C(=O)O)COCC1NC(=O)N1CCOCC1(C)C. The number of nitrogens with zero attached hydrogens (tertiary/aromatic N) is 1. The molecule has 2 heterocycles. The molecule has 0 saturated carbocycles. The van der Waals surface area contributed by atoms with E-state index in [0.717, 1.165) is 0 Å². The summed E-state index contributed by atoms with van der Waals surface area (Å²) >= 11 is 0. The van der Waals surface area contributed by atoms with Gasteiger partial charge < -0.3 is 24.8 Å². The van der Waals surface area contributed by atoms with Gasteiger partial charge in [0.25, 0.3) is 0 Å². The van der Waals surface area contributed by atoms with Gasteiger partial charge in [0.2, 0.25) is 0 Å². The van der Waals surface area contributed by atoms with Crippen molar-refractivity contribution in [2.75, 3.05) is 33.0 Å². The fraction of sp³-hybridized carbons (Fsp3) is 0.846. The molecule has 0 spiro atoms. The normalized spacial score (nSPS) is 33.0. The van der Waals surface area contributed by atoms with E-state index in [1.54, 1.807) is 11.8 Å². The molecule has 0 bridgehead atoms. The van der Waals surface area contributed by atoms with E-state index in [4.69, 9.17) is 9.47 Å². The number of carbonyl (C=O) groups excluding carboxylic acids is 1. The molecule has 114 valence electrons. The van der Waals surface area contributed by atoms with Crippen LogP contribution in [0.2, 0.25) is 0 Å². The molecule has 2 aliphatic rings. The van der Waals surface area contributed by atoms with Crippen molar-refractivity contribution in [3.8, 4) is 0 Å². The lowest BCUT2D eigenvalue weighted by Crippen LogP contribution is -2.61. The maximum atomic E-state index is 12.4. The number of amides is 2. The number of nitrogens with one attached hydrogen (secondary N) is 1. The molecule has 2 rings (SSSR count). The van der Waals surface area contributed by atoms with Crippen molar-refractivity contribution in [1.82, 2.24) is 10.2 Å². The first kappa shape index (κ1) is 15.1. The molecule has 7 nitrogen and oxygen atoms in total. The van der Waals surface area contributed by atoms with Gasteiger partial charge in [-0.1, -0.05) is 0 Å². The molecule has 0 radical (unpaired) electrons. The number of aliphatic carboxylic acids is 1. The highest BCUT2D eigenvalue weighted by Gasteiger charge is 2.48. The number of ether oxygens (including phenoxy) is 2. The Labute approximate surface area is 118 Å².